The zero-order valence-electron chi connectivity index (χ0n) is 22.7. The van der Waals surface area contributed by atoms with Crippen LogP contribution in [0.3, 0.4) is 0 Å². The fourth-order valence-electron chi connectivity index (χ4n) is 5.77. The molecule has 0 amide bonds. The van der Waals surface area contributed by atoms with Crippen LogP contribution in [-0.2, 0) is 38.0 Å². The maximum atomic E-state index is 12.0. The van der Waals surface area contributed by atoms with Crippen LogP contribution in [0.1, 0.15) is 117 Å². The Balaban J connectivity index is 1.49. The fourth-order valence-corrected chi connectivity index (χ4v) is 6.44. The first kappa shape index (κ1) is 29.8. The van der Waals surface area contributed by atoms with Crippen molar-refractivity contribution in [3.63, 3.8) is 0 Å². The number of hydrogen-bond acceptors (Lipinski definition) is 8. The van der Waals surface area contributed by atoms with Gasteiger partial charge in [0.05, 0.1) is 30.7 Å². The van der Waals surface area contributed by atoms with E-state index in [1.807, 2.05) is 13.8 Å². The van der Waals surface area contributed by atoms with Crippen molar-refractivity contribution in [1.82, 2.24) is 0 Å². The minimum atomic E-state index is -3.65. The average Bonchev–Trinajstić information content (AvgIpc) is 3.51. The van der Waals surface area contributed by atoms with E-state index < -0.39 is 22.0 Å². The van der Waals surface area contributed by atoms with E-state index in [2.05, 4.69) is 6.92 Å². The molecule has 0 spiro atoms. The molecular formula is C27H48O8S. The van der Waals surface area contributed by atoms with Crippen LogP contribution >= 0.6 is 0 Å². The summed E-state index contributed by atoms with van der Waals surface area (Å²) in [5.74, 6) is -0.844. The van der Waals surface area contributed by atoms with Crippen molar-refractivity contribution < 1.29 is 36.3 Å². The van der Waals surface area contributed by atoms with Crippen LogP contribution in [0.5, 0.6) is 0 Å². The number of cyclic esters (lactones) is 1. The molecule has 210 valence electrons. The van der Waals surface area contributed by atoms with Crippen LogP contribution in [0.4, 0.5) is 0 Å². The number of carbonyl (C=O) groups is 1. The second-order valence-corrected chi connectivity index (χ2v) is 12.9. The van der Waals surface area contributed by atoms with Gasteiger partial charge in [-0.1, -0.05) is 58.3 Å². The third kappa shape index (κ3) is 9.86. The Morgan fingerprint density at radius 1 is 0.917 bits per heavy atom. The Morgan fingerprint density at radius 3 is 2.17 bits per heavy atom. The molecule has 0 unspecified atom stereocenters. The molecule has 6 atom stereocenters. The minimum Gasteiger partial charge on any atom is -0.460 e. The second kappa shape index (κ2) is 13.9. The van der Waals surface area contributed by atoms with Crippen molar-refractivity contribution >= 4 is 16.1 Å². The van der Waals surface area contributed by atoms with E-state index in [9.17, 15) is 13.2 Å². The van der Waals surface area contributed by atoms with Crippen molar-refractivity contribution in [3.8, 4) is 0 Å². The van der Waals surface area contributed by atoms with E-state index in [-0.39, 0.29) is 36.5 Å². The molecule has 3 aliphatic rings. The molecule has 3 heterocycles. The summed E-state index contributed by atoms with van der Waals surface area (Å²) < 4.78 is 53.5. The highest BCUT2D eigenvalue weighted by Crippen LogP contribution is 2.36. The first-order chi connectivity index (χ1) is 17.1. The third-order valence-electron chi connectivity index (χ3n) is 7.49. The van der Waals surface area contributed by atoms with Gasteiger partial charge in [-0.2, -0.15) is 8.42 Å². The quantitative estimate of drug-likeness (QED) is 0.148. The van der Waals surface area contributed by atoms with E-state index >= 15 is 0 Å². The standard InChI is InChI=1S/C27H48O8S/c1-5-6-7-8-9-10-11-12-13-23-24(34-27(2,3)33-23)16-17-25(35-36(4,29)30)22-15-14-20(31-22)21-18-19-26(28)32-21/h20-25H,5-19H2,1-4H3/t20-,21+,22-,23-,24+,25+/m0/s1. The van der Waals surface area contributed by atoms with Gasteiger partial charge in [0.25, 0.3) is 10.1 Å². The highest BCUT2D eigenvalue weighted by Gasteiger charge is 2.44. The van der Waals surface area contributed by atoms with Crippen molar-refractivity contribution in [2.24, 2.45) is 0 Å². The third-order valence-corrected chi connectivity index (χ3v) is 8.09. The molecule has 0 aliphatic carbocycles. The van der Waals surface area contributed by atoms with Gasteiger partial charge in [0.2, 0.25) is 0 Å². The summed E-state index contributed by atoms with van der Waals surface area (Å²) in [7, 11) is -3.65. The normalized spacial score (nSPS) is 31.1. The second-order valence-electron chi connectivity index (χ2n) is 11.2. The molecule has 8 nitrogen and oxygen atoms in total. The summed E-state index contributed by atoms with van der Waals surface area (Å²) in [6, 6.07) is 0. The van der Waals surface area contributed by atoms with Crippen molar-refractivity contribution in [2.75, 3.05) is 6.26 Å². The lowest BCUT2D eigenvalue weighted by molar-refractivity contribution is -0.150. The number of hydrogen-bond donors (Lipinski definition) is 0. The predicted octanol–water partition coefficient (Wildman–Crippen LogP) is 5.42. The molecule has 3 saturated heterocycles. The Hall–Kier alpha value is -0.740. The first-order valence-electron chi connectivity index (χ1n) is 14.1. The van der Waals surface area contributed by atoms with Crippen LogP contribution in [0.2, 0.25) is 0 Å². The number of ether oxygens (including phenoxy) is 4. The summed E-state index contributed by atoms with van der Waals surface area (Å²) in [6.45, 7) is 6.11. The Morgan fingerprint density at radius 2 is 1.56 bits per heavy atom. The van der Waals surface area contributed by atoms with Gasteiger partial charge >= 0.3 is 5.97 Å². The summed E-state index contributed by atoms with van der Waals surface area (Å²) in [5.41, 5.74) is 0. The van der Waals surface area contributed by atoms with E-state index in [0.29, 0.717) is 32.1 Å². The van der Waals surface area contributed by atoms with Crippen molar-refractivity contribution in [3.05, 3.63) is 0 Å². The Bertz CT molecular complexity index is 783. The largest absolute Gasteiger partial charge is 0.460 e. The Labute approximate surface area is 218 Å². The van der Waals surface area contributed by atoms with E-state index in [0.717, 1.165) is 25.5 Å². The molecule has 36 heavy (non-hydrogen) atoms. The lowest BCUT2D eigenvalue weighted by Crippen LogP contribution is -2.35. The first-order valence-corrected chi connectivity index (χ1v) is 16.0. The van der Waals surface area contributed by atoms with Crippen molar-refractivity contribution in [2.45, 2.75) is 159 Å². The molecule has 0 aromatic rings. The highest BCUT2D eigenvalue weighted by atomic mass is 32.2. The van der Waals surface area contributed by atoms with Crippen LogP contribution in [0.25, 0.3) is 0 Å². The predicted molar refractivity (Wildman–Crippen MR) is 137 cm³/mol. The van der Waals surface area contributed by atoms with E-state index in [1.165, 1.54) is 44.9 Å². The van der Waals surface area contributed by atoms with Gasteiger partial charge in [0, 0.05) is 6.42 Å². The summed E-state index contributed by atoms with van der Waals surface area (Å²) in [5, 5.41) is 0. The number of rotatable bonds is 16. The molecule has 0 bridgehead atoms. The lowest BCUT2D eigenvalue weighted by atomic mass is 9.97. The summed E-state index contributed by atoms with van der Waals surface area (Å²) >= 11 is 0. The summed E-state index contributed by atoms with van der Waals surface area (Å²) in [4.78, 5) is 11.5. The topological polar surface area (TPSA) is 97.4 Å². The smallest absolute Gasteiger partial charge is 0.306 e. The maximum absolute atomic E-state index is 12.0. The zero-order valence-corrected chi connectivity index (χ0v) is 23.6. The summed E-state index contributed by atoms with van der Waals surface area (Å²) in [6.07, 6.45) is 14.2. The minimum absolute atomic E-state index is 0.00544. The molecule has 3 rings (SSSR count). The van der Waals surface area contributed by atoms with Gasteiger partial charge in [-0.05, 0) is 52.4 Å². The van der Waals surface area contributed by atoms with Gasteiger partial charge in [-0.25, -0.2) is 0 Å². The molecule has 9 heteroatoms. The zero-order chi connectivity index (χ0) is 26.2. The molecule has 0 saturated carbocycles. The molecule has 0 aromatic heterocycles. The fraction of sp³-hybridized carbons (Fsp3) is 0.963. The molecule has 0 aromatic carbocycles. The van der Waals surface area contributed by atoms with Gasteiger partial charge in [-0.15, -0.1) is 0 Å². The highest BCUT2D eigenvalue weighted by molar-refractivity contribution is 7.86. The number of esters is 1. The lowest BCUT2D eigenvalue weighted by Gasteiger charge is -2.26. The van der Waals surface area contributed by atoms with Gasteiger partial charge in [-0.3, -0.25) is 8.98 Å². The number of unbranched alkanes of at least 4 members (excludes halogenated alkanes) is 7. The van der Waals surface area contributed by atoms with Gasteiger partial charge in [0.1, 0.15) is 12.2 Å². The molecular weight excluding hydrogens is 484 g/mol. The van der Waals surface area contributed by atoms with Crippen LogP contribution < -0.4 is 0 Å². The van der Waals surface area contributed by atoms with E-state index in [4.69, 9.17) is 23.1 Å². The molecule has 3 fully saturated rings. The SMILES string of the molecule is CCCCCCCCCC[C@@H]1OC(C)(C)O[C@@H]1CC[C@@H](OS(C)(=O)=O)[C@@H]1CC[C@@H]([C@H]2CCC(=O)O2)O1. The Kier molecular flexibility index (Phi) is 11.5. The monoisotopic (exact) mass is 532 g/mol. The molecule has 0 N–H and O–H groups in total. The van der Waals surface area contributed by atoms with Gasteiger partial charge in [0.15, 0.2) is 5.79 Å². The number of carbonyl (C=O) groups excluding carboxylic acids is 1. The maximum Gasteiger partial charge on any atom is 0.306 e. The van der Waals surface area contributed by atoms with Crippen LogP contribution in [0.15, 0.2) is 0 Å². The average molecular weight is 533 g/mol. The van der Waals surface area contributed by atoms with E-state index in [1.54, 1.807) is 0 Å². The molecule has 3 aliphatic heterocycles. The van der Waals surface area contributed by atoms with Crippen molar-refractivity contribution in [1.29, 1.82) is 0 Å². The van der Waals surface area contributed by atoms with Crippen LogP contribution in [0, 0.1) is 0 Å². The molecule has 0 radical (unpaired) electrons. The van der Waals surface area contributed by atoms with Gasteiger partial charge < -0.3 is 18.9 Å². The van der Waals surface area contributed by atoms with Crippen LogP contribution in [-0.4, -0.2) is 63.1 Å².